The fraction of sp³-hybridized carbons (Fsp3) is 0.550. The van der Waals surface area contributed by atoms with Crippen LogP contribution in [0.4, 0.5) is 4.79 Å². The molecule has 282 valence electrons. The van der Waals surface area contributed by atoms with Gasteiger partial charge in [0, 0.05) is 23.6 Å². The number of aliphatic carboxylic acids is 1. The van der Waals surface area contributed by atoms with Crippen molar-refractivity contribution in [1.82, 2.24) is 15.5 Å². The largest absolute Gasteiger partial charge is 0.496 e. The Morgan fingerprint density at radius 2 is 1.90 bits per heavy atom. The fourth-order valence-electron chi connectivity index (χ4n) is 7.07. The van der Waals surface area contributed by atoms with Gasteiger partial charge >= 0.3 is 12.1 Å². The van der Waals surface area contributed by atoms with Gasteiger partial charge in [-0.25, -0.2) is 9.59 Å². The molecule has 3 amide bonds. The lowest BCUT2D eigenvalue weighted by Crippen LogP contribution is -2.56. The monoisotopic (exact) mass is 719 g/mol. The Morgan fingerprint density at radius 3 is 2.60 bits per heavy atom. The molecule has 2 fully saturated rings. The van der Waals surface area contributed by atoms with Gasteiger partial charge in [-0.3, -0.25) is 9.59 Å². The predicted octanol–water partition coefficient (Wildman–Crippen LogP) is 4.13. The minimum atomic E-state index is -1.45. The minimum Gasteiger partial charge on any atom is -0.496 e. The van der Waals surface area contributed by atoms with E-state index in [2.05, 4.69) is 10.6 Å². The highest BCUT2D eigenvalue weighted by atomic mass is 16.6. The molecule has 52 heavy (non-hydrogen) atoms. The summed E-state index contributed by atoms with van der Waals surface area (Å²) < 4.78 is 23.9. The summed E-state index contributed by atoms with van der Waals surface area (Å²) in [5.41, 5.74) is -1.33. The quantitative estimate of drug-likeness (QED) is 0.354. The summed E-state index contributed by atoms with van der Waals surface area (Å²) in [6.45, 7) is 11.1. The van der Waals surface area contributed by atoms with E-state index < -0.39 is 53.2 Å². The van der Waals surface area contributed by atoms with Crippen molar-refractivity contribution in [3.8, 4) is 5.75 Å². The molecule has 5 rings (SSSR count). The van der Waals surface area contributed by atoms with Crippen LogP contribution >= 0.6 is 0 Å². The number of rotatable bonds is 7. The third-order valence-corrected chi connectivity index (χ3v) is 9.72. The summed E-state index contributed by atoms with van der Waals surface area (Å²) in [7, 11) is 1.62. The van der Waals surface area contributed by atoms with Gasteiger partial charge in [0.1, 0.15) is 46.6 Å². The molecule has 0 aromatic heterocycles. The first-order valence-corrected chi connectivity index (χ1v) is 18.2. The molecule has 2 aliphatic carbocycles. The Kier molecular flexibility index (Phi) is 11.8. The SMILES string of the molecule is COc1ccc2c(c1C)=CC=CC(OC(C)C)=CC=2OC1CC2C(=O)NC3(C(=O)O)CC3C=CCCCCCC(NC(=O)OC(C)(C)C)C(=O)N2C1. The van der Waals surface area contributed by atoms with E-state index in [0.29, 0.717) is 30.1 Å². The van der Waals surface area contributed by atoms with E-state index in [9.17, 15) is 24.3 Å². The number of nitrogens with zero attached hydrogens (tertiary/aromatic N) is 1. The summed E-state index contributed by atoms with van der Waals surface area (Å²) in [5.74, 6) is -0.745. The lowest BCUT2D eigenvalue weighted by atomic mass is 10.0. The fourth-order valence-corrected chi connectivity index (χ4v) is 7.07. The van der Waals surface area contributed by atoms with Gasteiger partial charge in [-0.1, -0.05) is 37.1 Å². The summed E-state index contributed by atoms with van der Waals surface area (Å²) >= 11 is 0. The number of methoxy groups -OCH3 is 1. The van der Waals surface area contributed by atoms with Crippen LogP contribution in [0.2, 0.25) is 0 Å². The summed E-state index contributed by atoms with van der Waals surface area (Å²) in [6.07, 6.45) is 13.6. The van der Waals surface area contributed by atoms with Gasteiger partial charge in [0.25, 0.3) is 0 Å². The smallest absolute Gasteiger partial charge is 0.408 e. The van der Waals surface area contributed by atoms with Crippen molar-refractivity contribution in [3.63, 3.8) is 0 Å². The van der Waals surface area contributed by atoms with Gasteiger partial charge in [-0.15, -0.1) is 0 Å². The summed E-state index contributed by atoms with van der Waals surface area (Å²) in [4.78, 5) is 55.5. The van der Waals surface area contributed by atoms with Crippen LogP contribution in [0.3, 0.4) is 0 Å². The molecule has 1 aromatic carbocycles. The number of fused-ring (bicyclic) bond motifs is 3. The number of hydrogen-bond donors (Lipinski definition) is 3. The Bertz CT molecular complexity index is 1770. The Labute approximate surface area is 305 Å². The van der Waals surface area contributed by atoms with Crippen LogP contribution in [0, 0.1) is 12.8 Å². The predicted molar refractivity (Wildman–Crippen MR) is 195 cm³/mol. The van der Waals surface area contributed by atoms with Crippen LogP contribution in [0.25, 0.3) is 11.8 Å². The molecule has 3 N–H and O–H groups in total. The van der Waals surface area contributed by atoms with Crippen LogP contribution in [-0.4, -0.2) is 83.0 Å². The Morgan fingerprint density at radius 1 is 1.13 bits per heavy atom. The molecule has 12 heteroatoms. The number of carboxylic acids is 1. The zero-order valence-electron chi connectivity index (χ0n) is 31.3. The van der Waals surface area contributed by atoms with E-state index in [0.717, 1.165) is 35.3 Å². The maximum Gasteiger partial charge on any atom is 0.408 e. The molecule has 5 atom stereocenters. The van der Waals surface area contributed by atoms with Gasteiger partial charge < -0.3 is 39.6 Å². The molecule has 4 aliphatic rings. The standard InChI is InChI=1S/C40H53N3O9/c1-24(2)50-27-15-13-16-29-25(3)33(49-7)19-18-30(29)34(21-27)51-28-20-32-35(44)42-40(37(46)47)22-26(40)14-11-9-8-10-12-17-31(36(45)43(32)23-28)41-38(48)52-39(4,5)6/h11,13-16,18-19,21,24,26,28,31-32H,8-10,12,17,20,22-23H2,1-7H3,(H,41,48)(H,42,44)(H,46,47). The number of allylic oxidation sites excluding steroid dienone is 3. The van der Waals surface area contributed by atoms with Crippen molar-refractivity contribution >= 4 is 35.7 Å². The highest BCUT2D eigenvalue weighted by molar-refractivity contribution is 5.96. The number of hydrogen-bond acceptors (Lipinski definition) is 8. The lowest BCUT2D eigenvalue weighted by Gasteiger charge is -2.30. The number of benzene rings is 1. The lowest BCUT2D eigenvalue weighted by molar-refractivity contribution is -0.145. The molecular formula is C40H53N3O9. The molecule has 1 aromatic rings. The molecule has 0 bridgehead atoms. The topological polar surface area (TPSA) is 153 Å². The summed E-state index contributed by atoms with van der Waals surface area (Å²) in [6, 6.07) is 1.74. The number of alkyl carbamates (subject to hydrolysis) is 1. The van der Waals surface area contributed by atoms with Crippen LogP contribution in [0.15, 0.2) is 48.3 Å². The molecule has 1 saturated heterocycles. The molecule has 2 heterocycles. The van der Waals surface area contributed by atoms with Crippen molar-refractivity contribution in [3.05, 3.63) is 64.3 Å². The van der Waals surface area contributed by atoms with Gasteiger partial charge in [-0.2, -0.15) is 0 Å². The normalized spacial score (nSPS) is 26.5. The van der Waals surface area contributed by atoms with E-state index in [1.54, 1.807) is 34.0 Å². The van der Waals surface area contributed by atoms with Gasteiger partial charge in [0.2, 0.25) is 11.8 Å². The van der Waals surface area contributed by atoms with Gasteiger partial charge in [-0.05, 0) is 96.2 Å². The van der Waals surface area contributed by atoms with E-state index in [-0.39, 0.29) is 31.4 Å². The number of nitrogens with one attached hydrogen (secondary N) is 2. The first kappa shape index (κ1) is 38.5. The molecule has 1 saturated carbocycles. The van der Waals surface area contributed by atoms with E-state index in [1.165, 1.54) is 4.90 Å². The maximum atomic E-state index is 14.5. The average Bonchev–Trinajstić information content (AvgIpc) is 3.58. The molecule has 0 radical (unpaired) electrons. The molecule has 12 nitrogen and oxygen atoms in total. The summed E-state index contributed by atoms with van der Waals surface area (Å²) in [5, 5.41) is 17.5. The minimum absolute atomic E-state index is 0.0224. The highest BCUT2D eigenvalue weighted by Crippen LogP contribution is 2.45. The highest BCUT2D eigenvalue weighted by Gasteiger charge is 2.61. The second-order valence-corrected chi connectivity index (χ2v) is 15.3. The number of carboxylic acid groups (broad SMARTS) is 1. The van der Waals surface area contributed by atoms with E-state index in [4.69, 9.17) is 18.9 Å². The average molecular weight is 720 g/mol. The maximum absolute atomic E-state index is 14.5. The van der Waals surface area contributed by atoms with Crippen molar-refractivity contribution in [2.24, 2.45) is 5.92 Å². The third-order valence-electron chi connectivity index (χ3n) is 9.72. The second kappa shape index (κ2) is 15.9. The zero-order valence-corrected chi connectivity index (χ0v) is 31.3. The molecule has 0 spiro atoms. The second-order valence-electron chi connectivity index (χ2n) is 15.3. The van der Waals surface area contributed by atoms with Gasteiger partial charge in [0.15, 0.2) is 0 Å². The van der Waals surface area contributed by atoms with Gasteiger partial charge in [0.05, 0.1) is 19.8 Å². The first-order chi connectivity index (χ1) is 24.6. The number of carbonyl (C=O) groups excluding carboxylic acids is 3. The molecular weight excluding hydrogens is 666 g/mol. The third kappa shape index (κ3) is 9.00. The van der Waals surface area contributed by atoms with E-state index >= 15 is 0 Å². The molecule has 5 unspecified atom stereocenters. The Hall–Kier alpha value is -4.74. The number of amides is 3. The van der Waals surface area contributed by atoms with Crippen LogP contribution in [0.5, 0.6) is 5.75 Å². The van der Waals surface area contributed by atoms with Crippen molar-refractivity contribution in [2.45, 2.75) is 122 Å². The number of carbonyl (C=O) groups is 4. The number of ether oxygens (including phenoxy) is 4. The van der Waals surface area contributed by atoms with Crippen LogP contribution < -0.4 is 25.8 Å². The van der Waals surface area contributed by atoms with Crippen molar-refractivity contribution < 1.29 is 43.2 Å². The molecule has 2 aliphatic heterocycles. The Balaban J connectivity index is 1.54. The van der Waals surface area contributed by atoms with Crippen molar-refractivity contribution in [1.29, 1.82) is 0 Å². The van der Waals surface area contributed by atoms with Crippen LogP contribution in [-0.2, 0) is 28.6 Å². The zero-order chi connectivity index (χ0) is 37.8. The first-order valence-electron chi connectivity index (χ1n) is 18.2. The van der Waals surface area contributed by atoms with E-state index in [1.807, 2.05) is 63.3 Å². The van der Waals surface area contributed by atoms with Crippen molar-refractivity contribution in [2.75, 3.05) is 13.7 Å². The van der Waals surface area contributed by atoms with Crippen LogP contribution in [0.1, 0.15) is 85.1 Å².